The lowest BCUT2D eigenvalue weighted by Crippen LogP contribution is -2.51. The molecule has 1 aromatic rings. The normalized spacial score (nSPS) is 18.4. The molecule has 0 unspecified atom stereocenters. The van der Waals surface area contributed by atoms with Gasteiger partial charge in [0.25, 0.3) is 0 Å². The maximum atomic E-state index is 14.0. The summed E-state index contributed by atoms with van der Waals surface area (Å²) in [5.74, 6) is -11.8. The number of rotatable bonds is 11. The second-order valence-corrected chi connectivity index (χ2v) is 10.5. The van der Waals surface area contributed by atoms with Crippen LogP contribution in [0.25, 0.3) is 0 Å². The van der Waals surface area contributed by atoms with E-state index >= 15 is 0 Å². The molecule has 0 spiro atoms. The molecule has 2 aliphatic rings. The third-order valence-corrected chi connectivity index (χ3v) is 6.70. The van der Waals surface area contributed by atoms with Crippen LogP contribution in [0.15, 0.2) is 6.07 Å². The van der Waals surface area contributed by atoms with Crippen molar-refractivity contribution in [1.82, 2.24) is 10.2 Å². The van der Waals surface area contributed by atoms with E-state index in [0.29, 0.717) is 19.4 Å². The highest BCUT2D eigenvalue weighted by Gasteiger charge is 2.34. The first-order valence-electron chi connectivity index (χ1n) is 13.4. The number of likely N-dealkylation sites (tertiary alicyclic amines) is 1. The molecule has 13 heteroatoms. The largest absolute Gasteiger partial charge is 0.479 e. The zero-order valence-electron chi connectivity index (χ0n) is 22.5. The monoisotopic (exact) mass is 574 g/mol. The molecule has 1 aliphatic heterocycles. The zero-order valence-corrected chi connectivity index (χ0v) is 22.5. The Morgan fingerprint density at radius 2 is 1.65 bits per heavy atom. The Hall–Kier alpha value is -3.38. The lowest BCUT2D eigenvalue weighted by molar-refractivity contribution is -0.147. The molecule has 1 aromatic carbocycles. The summed E-state index contributed by atoms with van der Waals surface area (Å²) in [5, 5.41) is 2.44. The third kappa shape index (κ3) is 8.56. The molecule has 2 fully saturated rings. The van der Waals surface area contributed by atoms with Gasteiger partial charge in [-0.2, -0.15) is 8.78 Å². The zero-order chi connectivity index (χ0) is 29.4. The molecular formula is C27H34F4N2O7. The van der Waals surface area contributed by atoms with Crippen LogP contribution < -0.4 is 10.1 Å². The van der Waals surface area contributed by atoms with Crippen LogP contribution in [0.5, 0.6) is 5.75 Å². The van der Waals surface area contributed by atoms with Crippen molar-refractivity contribution in [2.75, 3.05) is 26.3 Å². The van der Waals surface area contributed by atoms with E-state index < -0.39 is 77.8 Å². The number of ether oxygens (including phenoxy) is 3. The minimum atomic E-state index is -1.84. The van der Waals surface area contributed by atoms with Gasteiger partial charge in [0, 0.05) is 19.2 Å². The number of Topliss-reactive ketones (excluding diaryl/α,β-unsaturated/α-hetero) is 1. The molecule has 2 atom stereocenters. The van der Waals surface area contributed by atoms with Gasteiger partial charge in [-0.25, -0.2) is 13.6 Å². The highest BCUT2D eigenvalue weighted by molar-refractivity contribution is 5.93. The van der Waals surface area contributed by atoms with E-state index in [1.54, 1.807) is 13.8 Å². The van der Waals surface area contributed by atoms with E-state index in [1.807, 2.05) is 0 Å². The molecule has 40 heavy (non-hydrogen) atoms. The molecule has 1 N–H and O–H groups in total. The van der Waals surface area contributed by atoms with Gasteiger partial charge in [-0.15, -0.1) is 0 Å². The van der Waals surface area contributed by atoms with Gasteiger partial charge in [0.15, 0.2) is 23.2 Å². The van der Waals surface area contributed by atoms with Gasteiger partial charge in [0.1, 0.15) is 18.8 Å². The highest BCUT2D eigenvalue weighted by Crippen LogP contribution is 2.27. The fourth-order valence-electron chi connectivity index (χ4n) is 4.52. The smallest absolute Gasteiger partial charge is 0.410 e. The first-order valence-corrected chi connectivity index (χ1v) is 13.4. The first kappa shape index (κ1) is 31.2. The first-order chi connectivity index (χ1) is 19.0. The Labute approximate surface area is 229 Å². The van der Waals surface area contributed by atoms with E-state index in [1.165, 1.54) is 4.90 Å². The molecule has 0 bridgehead atoms. The topological polar surface area (TPSA) is 111 Å². The lowest BCUT2D eigenvalue weighted by atomic mass is 9.96. The van der Waals surface area contributed by atoms with Gasteiger partial charge in [-0.05, 0) is 44.4 Å². The van der Waals surface area contributed by atoms with Crippen molar-refractivity contribution in [2.24, 2.45) is 11.8 Å². The number of carbonyl (C=O) groups is 4. The van der Waals surface area contributed by atoms with Crippen molar-refractivity contribution in [3.63, 3.8) is 0 Å². The standard InChI is InChI=1S/C27H34F4N2O7/c1-15(2)13-38-22(35)11-20(21(34)14-39-25-23(30)18(28)10-19(29)24(25)31)32-26(36)16-6-5-9-33(12-16)27(37)40-17-7-3-4-8-17/h10,15-17,20H,3-9,11-14H2,1-2H3,(H,32,36)/t16-,20+/m1/s1. The van der Waals surface area contributed by atoms with Crippen LogP contribution in [0.1, 0.15) is 58.8 Å². The van der Waals surface area contributed by atoms with Crippen LogP contribution in [0.3, 0.4) is 0 Å². The number of carbonyl (C=O) groups excluding carboxylic acids is 4. The second-order valence-electron chi connectivity index (χ2n) is 10.5. The summed E-state index contributed by atoms with van der Waals surface area (Å²) in [6.07, 6.45) is 3.15. The Bertz CT molecular complexity index is 1070. The Morgan fingerprint density at radius 3 is 2.27 bits per heavy atom. The van der Waals surface area contributed by atoms with Crippen LogP contribution in [0, 0.1) is 35.1 Å². The summed E-state index contributed by atoms with van der Waals surface area (Å²) in [6.45, 7) is 2.95. The molecule has 1 heterocycles. The van der Waals surface area contributed by atoms with Crippen molar-refractivity contribution in [1.29, 1.82) is 0 Å². The van der Waals surface area contributed by atoms with E-state index in [0.717, 1.165) is 25.7 Å². The van der Waals surface area contributed by atoms with Crippen LogP contribution in [0.4, 0.5) is 22.4 Å². The summed E-state index contributed by atoms with van der Waals surface area (Å²) in [7, 11) is 0. The molecule has 222 valence electrons. The maximum absolute atomic E-state index is 14.0. The molecule has 1 saturated carbocycles. The van der Waals surface area contributed by atoms with Crippen LogP contribution >= 0.6 is 0 Å². The number of hydrogen-bond donors (Lipinski definition) is 1. The number of nitrogens with one attached hydrogen (secondary N) is 1. The molecule has 0 radical (unpaired) electrons. The van der Waals surface area contributed by atoms with E-state index in [4.69, 9.17) is 14.2 Å². The third-order valence-electron chi connectivity index (χ3n) is 6.70. The Balaban J connectivity index is 1.66. The summed E-state index contributed by atoms with van der Waals surface area (Å²) >= 11 is 0. The fraction of sp³-hybridized carbons (Fsp3) is 0.630. The average Bonchev–Trinajstić information content (AvgIpc) is 3.43. The molecule has 1 aliphatic carbocycles. The van der Waals surface area contributed by atoms with Crippen molar-refractivity contribution >= 4 is 23.8 Å². The Morgan fingerprint density at radius 1 is 1.00 bits per heavy atom. The van der Waals surface area contributed by atoms with Crippen molar-refractivity contribution in [3.05, 3.63) is 29.3 Å². The number of amides is 2. The number of benzene rings is 1. The molecule has 3 rings (SSSR count). The van der Waals surface area contributed by atoms with Crippen LogP contribution in [-0.2, 0) is 23.9 Å². The van der Waals surface area contributed by atoms with Gasteiger partial charge >= 0.3 is 12.1 Å². The van der Waals surface area contributed by atoms with Crippen molar-refractivity contribution in [2.45, 2.75) is 70.9 Å². The van der Waals surface area contributed by atoms with Crippen LogP contribution in [-0.4, -0.2) is 67.1 Å². The maximum Gasteiger partial charge on any atom is 0.410 e. The second kappa shape index (κ2) is 14.3. The molecule has 9 nitrogen and oxygen atoms in total. The Kier molecular flexibility index (Phi) is 11.1. The lowest BCUT2D eigenvalue weighted by Gasteiger charge is -2.32. The van der Waals surface area contributed by atoms with Gasteiger partial charge in [0.2, 0.25) is 17.5 Å². The minimum absolute atomic E-state index is 0.00981. The highest BCUT2D eigenvalue weighted by atomic mass is 19.2. The van der Waals surface area contributed by atoms with Gasteiger partial charge < -0.3 is 24.4 Å². The molecule has 2 amide bonds. The quantitative estimate of drug-likeness (QED) is 0.241. The number of piperidine rings is 1. The summed E-state index contributed by atoms with van der Waals surface area (Å²) in [5.41, 5.74) is 0. The number of nitrogens with zero attached hydrogens (tertiary/aromatic N) is 1. The van der Waals surface area contributed by atoms with Gasteiger partial charge in [-0.3, -0.25) is 14.4 Å². The van der Waals surface area contributed by atoms with Gasteiger partial charge in [-0.1, -0.05) is 13.8 Å². The molecule has 1 saturated heterocycles. The summed E-state index contributed by atoms with van der Waals surface area (Å²) < 4.78 is 70.3. The van der Waals surface area contributed by atoms with E-state index in [-0.39, 0.29) is 31.2 Å². The SMILES string of the molecule is CC(C)COC(=O)C[C@H](NC(=O)[C@@H]1CCCN(C(=O)OC2CCCC2)C1)C(=O)COc1c(F)c(F)cc(F)c1F. The number of esters is 1. The van der Waals surface area contributed by atoms with Crippen molar-refractivity contribution < 1.29 is 51.0 Å². The van der Waals surface area contributed by atoms with Crippen LogP contribution in [0.2, 0.25) is 0 Å². The summed E-state index contributed by atoms with van der Waals surface area (Å²) in [4.78, 5) is 52.3. The van der Waals surface area contributed by atoms with E-state index in [9.17, 15) is 36.7 Å². The fourth-order valence-corrected chi connectivity index (χ4v) is 4.52. The summed E-state index contributed by atoms with van der Waals surface area (Å²) in [6, 6.07) is -1.54. The van der Waals surface area contributed by atoms with Crippen molar-refractivity contribution in [3.8, 4) is 5.75 Å². The predicted molar refractivity (Wildman–Crippen MR) is 132 cm³/mol. The number of hydrogen-bond acceptors (Lipinski definition) is 7. The van der Waals surface area contributed by atoms with Gasteiger partial charge in [0.05, 0.1) is 18.9 Å². The predicted octanol–water partition coefficient (Wildman–Crippen LogP) is 4.06. The minimum Gasteiger partial charge on any atom is -0.479 e. The average molecular weight is 575 g/mol. The van der Waals surface area contributed by atoms with E-state index in [2.05, 4.69) is 5.32 Å². The molecular weight excluding hydrogens is 540 g/mol. The number of halogens is 4. The number of ketones is 1. The molecule has 0 aromatic heterocycles.